The Labute approximate surface area is 194 Å². The normalized spacial score (nSPS) is 14.6. The molecule has 1 saturated heterocycles. The summed E-state index contributed by atoms with van der Waals surface area (Å²) < 4.78 is 39.6. The number of benzene rings is 2. The highest BCUT2D eigenvalue weighted by atomic mass is 19.4. The average molecular weight is 478 g/mol. The second kappa shape index (κ2) is 10.1. The van der Waals surface area contributed by atoms with Crippen molar-refractivity contribution in [2.75, 3.05) is 36.9 Å². The maximum absolute atomic E-state index is 13.2. The van der Waals surface area contributed by atoms with Crippen LogP contribution in [0.25, 0.3) is 0 Å². The molecule has 2 aromatic rings. The molecule has 0 unspecified atom stereocenters. The Bertz CT molecular complexity index is 1080. The number of amides is 2. The molecule has 0 aliphatic carbocycles. The largest absolute Gasteiger partial charge is 0.418 e. The highest BCUT2D eigenvalue weighted by molar-refractivity contribution is 6.03. The molecule has 1 heterocycles. The molecule has 1 fully saturated rings. The van der Waals surface area contributed by atoms with Gasteiger partial charge in [-0.3, -0.25) is 19.7 Å². The molecule has 34 heavy (non-hydrogen) atoms. The van der Waals surface area contributed by atoms with Gasteiger partial charge in [-0.05, 0) is 37.0 Å². The molecule has 0 bridgehead atoms. The van der Waals surface area contributed by atoms with Crippen molar-refractivity contribution in [3.8, 4) is 0 Å². The van der Waals surface area contributed by atoms with Crippen LogP contribution in [0.2, 0.25) is 0 Å². The van der Waals surface area contributed by atoms with Crippen molar-refractivity contribution in [2.45, 2.75) is 25.9 Å². The second-order valence-corrected chi connectivity index (χ2v) is 8.38. The number of para-hydroxylation sites is 1. The number of nitrogens with one attached hydrogen (secondary N) is 1. The fourth-order valence-corrected chi connectivity index (χ4v) is 3.86. The first-order valence-corrected chi connectivity index (χ1v) is 10.7. The van der Waals surface area contributed by atoms with E-state index >= 15 is 0 Å². The Balaban J connectivity index is 1.80. The number of hydrogen-bond acceptors (Lipinski definition) is 5. The van der Waals surface area contributed by atoms with Crippen LogP contribution in [-0.2, 0) is 11.0 Å². The van der Waals surface area contributed by atoms with Gasteiger partial charge in [0.1, 0.15) is 0 Å². The van der Waals surface area contributed by atoms with Gasteiger partial charge in [-0.25, -0.2) is 0 Å². The molecule has 0 saturated carbocycles. The van der Waals surface area contributed by atoms with Crippen LogP contribution in [0.1, 0.15) is 35.7 Å². The third-order valence-corrected chi connectivity index (χ3v) is 5.78. The van der Waals surface area contributed by atoms with Gasteiger partial charge in [0.2, 0.25) is 5.91 Å². The summed E-state index contributed by atoms with van der Waals surface area (Å²) >= 11 is 0. The summed E-state index contributed by atoms with van der Waals surface area (Å²) in [7, 11) is 1.32. The van der Waals surface area contributed by atoms with Crippen LogP contribution >= 0.6 is 0 Å². The van der Waals surface area contributed by atoms with Crippen LogP contribution in [0, 0.1) is 16.0 Å². The van der Waals surface area contributed by atoms with Crippen LogP contribution < -0.4 is 10.2 Å². The fourth-order valence-electron chi connectivity index (χ4n) is 3.86. The third kappa shape index (κ3) is 5.83. The van der Waals surface area contributed by atoms with Gasteiger partial charge in [0, 0.05) is 32.3 Å². The molecule has 0 atom stereocenters. The molecule has 11 heteroatoms. The number of halogens is 3. The summed E-state index contributed by atoms with van der Waals surface area (Å²) in [5.41, 5.74) is -1.10. The van der Waals surface area contributed by atoms with Gasteiger partial charge in [0.05, 0.1) is 34.0 Å². The van der Waals surface area contributed by atoms with E-state index in [1.165, 1.54) is 37.4 Å². The standard InChI is InChI=1S/C23H25F3N4O4/c1-15-9-11-29(12-10-15)20-8-7-16(30(33)34)13-17(20)22(32)28(2)14-21(31)27-19-6-4-3-5-18(19)23(24,25)26/h3-8,13,15H,9-12,14H2,1-2H3,(H,27,31). The number of likely N-dealkylation sites (N-methyl/N-ethyl adjacent to an activating group) is 1. The van der Waals surface area contributed by atoms with Crippen LogP contribution in [-0.4, -0.2) is 48.3 Å². The lowest BCUT2D eigenvalue weighted by Gasteiger charge is -2.33. The number of nitro groups is 1. The number of hydrogen-bond donors (Lipinski definition) is 1. The maximum atomic E-state index is 13.2. The van der Waals surface area contributed by atoms with Gasteiger partial charge in [-0.15, -0.1) is 0 Å². The monoisotopic (exact) mass is 478 g/mol. The lowest BCUT2D eigenvalue weighted by Crippen LogP contribution is -2.38. The molecule has 2 aromatic carbocycles. The predicted octanol–water partition coefficient (Wildman–Crippen LogP) is 4.56. The Hall–Kier alpha value is -3.63. The highest BCUT2D eigenvalue weighted by Gasteiger charge is 2.34. The lowest BCUT2D eigenvalue weighted by atomic mass is 9.97. The first kappa shape index (κ1) is 25.0. The topological polar surface area (TPSA) is 95.8 Å². The van der Waals surface area contributed by atoms with Crippen LogP contribution in [0.4, 0.5) is 30.2 Å². The van der Waals surface area contributed by atoms with E-state index in [9.17, 15) is 32.9 Å². The zero-order valence-corrected chi connectivity index (χ0v) is 18.8. The van der Waals surface area contributed by atoms with E-state index in [1.54, 1.807) is 0 Å². The van der Waals surface area contributed by atoms with Gasteiger partial charge in [0.25, 0.3) is 11.6 Å². The Morgan fingerprint density at radius 3 is 2.44 bits per heavy atom. The van der Waals surface area contributed by atoms with Gasteiger partial charge >= 0.3 is 6.18 Å². The van der Waals surface area contributed by atoms with Crippen molar-refractivity contribution >= 4 is 28.9 Å². The summed E-state index contributed by atoms with van der Waals surface area (Å²) in [4.78, 5) is 39.3. The molecule has 0 aromatic heterocycles. The van der Waals surface area contributed by atoms with Crippen molar-refractivity contribution in [3.05, 3.63) is 63.7 Å². The summed E-state index contributed by atoms with van der Waals surface area (Å²) in [6.07, 6.45) is -2.85. The molecule has 0 spiro atoms. The molecule has 3 rings (SSSR count). The number of rotatable bonds is 6. The van der Waals surface area contributed by atoms with Crippen LogP contribution in [0.15, 0.2) is 42.5 Å². The number of nitro benzene ring substituents is 1. The number of carbonyl (C=O) groups is 2. The molecule has 8 nitrogen and oxygen atoms in total. The molecule has 182 valence electrons. The summed E-state index contributed by atoms with van der Waals surface area (Å²) in [5, 5.41) is 13.5. The average Bonchev–Trinajstić information content (AvgIpc) is 2.78. The molecule has 1 aliphatic rings. The van der Waals surface area contributed by atoms with Crippen molar-refractivity contribution in [1.29, 1.82) is 0 Å². The van der Waals surface area contributed by atoms with Gasteiger partial charge in [-0.1, -0.05) is 19.1 Å². The molecule has 2 amide bonds. The number of anilines is 2. The number of non-ortho nitro benzene ring substituents is 1. The molecule has 1 aliphatic heterocycles. The SMILES string of the molecule is CC1CCN(c2ccc([N+](=O)[O-])cc2C(=O)N(C)CC(=O)Nc2ccccc2C(F)(F)F)CC1. The van der Waals surface area contributed by atoms with Gasteiger partial charge in [-0.2, -0.15) is 13.2 Å². The van der Waals surface area contributed by atoms with Crippen molar-refractivity contribution in [1.82, 2.24) is 4.90 Å². The van der Waals surface area contributed by atoms with Crippen LogP contribution in [0.3, 0.4) is 0 Å². The number of carbonyl (C=O) groups excluding carboxylic acids is 2. The molecular formula is C23H25F3N4O4. The third-order valence-electron chi connectivity index (χ3n) is 5.78. The summed E-state index contributed by atoms with van der Waals surface area (Å²) in [6, 6.07) is 8.55. The second-order valence-electron chi connectivity index (χ2n) is 8.38. The van der Waals surface area contributed by atoms with E-state index in [4.69, 9.17) is 0 Å². The highest BCUT2D eigenvalue weighted by Crippen LogP contribution is 2.34. The first-order valence-electron chi connectivity index (χ1n) is 10.7. The minimum absolute atomic E-state index is 0.0646. The lowest BCUT2D eigenvalue weighted by molar-refractivity contribution is -0.384. The number of piperidine rings is 1. The van der Waals surface area contributed by atoms with Gasteiger partial charge < -0.3 is 15.1 Å². The van der Waals surface area contributed by atoms with E-state index in [-0.39, 0.29) is 11.3 Å². The van der Waals surface area contributed by atoms with Crippen molar-refractivity contribution in [3.63, 3.8) is 0 Å². The summed E-state index contributed by atoms with van der Waals surface area (Å²) in [5.74, 6) is -0.942. The van der Waals surface area contributed by atoms with Gasteiger partial charge in [0.15, 0.2) is 0 Å². The summed E-state index contributed by atoms with van der Waals surface area (Å²) in [6.45, 7) is 2.95. The Morgan fingerprint density at radius 1 is 1.18 bits per heavy atom. The minimum Gasteiger partial charge on any atom is -0.371 e. The smallest absolute Gasteiger partial charge is 0.371 e. The fraction of sp³-hybridized carbons (Fsp3) is 0.391. The molecular weight excluding hydrogens is 453 g/mol. The van der Waals surface area contributed by atoms with E-state index in [1.807, 2.05) is 4.90 Å². The van der Waals surface area contributed by atoms with E-state index < -0.39 is 40.7 Å². The number of alkyl halides is 3. The first-order chi connectivity index (χ1) is 16.0. The maximum Gasteiger partial charge on any atom is 0.418 e. The van der Waals surface area contributed by atoms with Crippen LogP contribution in [0.5, 0.6) is 0 Å². The van der Waals surface area contributed by atoms with Crippen molar-refractivity contribution < 1.29 is 27.7 Å². The quantitative estimate of drug-likeness (QED) is 0.485. The van der Waals surface area contributed by atoms with E-state index in [2.05, 4.69) is 12.2 Å². The predicted molar refractivity (Wildman–Crippen MR) is 121 cm³/mol. The Kier molecular flexibility index (Phi) is 7.43. The zero-order valence-electron chi connectivity index (χ0n) is 18.8. The number of nitrogens with zero attached hydrogens (tertiary/aromatic N) is 3. The molecule has 0 radical (unpaired) electrons. The van der Waals surface area contributed by atoms with E-state index in [0.717, 1.165) is 29.9 Å². The molecule has 1 N–H and O–H groups in total. The van der Waals surface area contributed by atoms with E-state index in [0.29, 0.717) is 24.7 Å². The van der Waals surface area contributed by atoms with Crippen molar-refractivity contribution in [2.24, 2.45) is 5.92 Å². The minimum atomic E-state index is -4.66. The zero-order chi connectivity index (χ0) is 25.0. The Morgan fingerprint density at radius 2 is 1.82 bits per heavy atom.